The first-order chi connectivity index (χ1) is 8.25. The van der Waals surface area contributed by atoms with Crippen LogP contribution in [0.2, 0.25) is 0 Å². The van der Waals surface area contributed by atoms with E-state index in [2.05, 4.69) is 0 Å². The lowest BCUT2D eigenvalue weighted by Crippen LogP contribution is -2.12. The quantitative estimate of drug-likeness (QED) is 0.702. The molecule has 0 amide bonds. The van der Waals surface area contributed by atoms with Crippen LogP contribution >= 0.6 is 0 Å². The topological polar surface area (TPSA) is 53.7 Å². The maximum atomic E-state index is 5.86. The zero-order valence-corrected chi connectivity index (χ0v) is 10.5. The van der Waals surface area contributed by atoms with Gasteiger partial charge < -0.3 is 19.9 Å². The number of para-hydroxylation sites is 1. The van der Waals surface area contributed by atoms with Gasteiger partial charge in [-0.05, 0) is 13.0 Å². The lowest BCUT2D eigenvalue weighted by Gasteiger charge is -2.13. The molecule has 0 bridgehead atoms. The molecule has 0 aliphatic heterocycles. The molecule has 0 aliphatic carbocycles. The highest BCUT2D eigenvalue weighted by atomic mass is 16.5. The third kappa shape index (κ3) is 5.17. The summed E-state index contributed by atoms with van der Waals surface area (Å²) in [5.74, 6) is 0.831. The molecule has 1 aromatic carbocycles. The lowest BCUT2D eigenvalue weighted by atomic mass is 10.1. The van der Waals surface area contributed by atoms with E-state index >= 15 is 0 Å². The van der Waals surface area contributed by atoms with Crippen molar-refractivity contribution in [3.8, 4) is 5.75 Å². The molecule has 0 aromatic heterocycles. The van der Waals surface area contributed by atoms with Crippen LogP contribution in [-0.4, -0.2) is 33.5 Å². The second kappa shape index (κ2) is 8.06. The zero-order valence-electron chi connectivity index (χ0n) is 10.5. The van der Waals surface area contributed by atoms with Gasteiger partial charge in [-0.2, -0.15) is 0 Å². The summed E-state index contributed by atoms with van der Waals surface area (Å²) in [6.45, 7) is 4.21. The monoisotopic (exact) mass is 239 g/mol. The van der Waals surface area contributed by atoms with Crippen LogP contribution in [0.4, 0.5) is 0 Å². The molecule has 0 heterocycles. The first kappa shape index (κ1) is 14.0. The van der Waals surface area contributed by atoms with E-state index in [4.69, 9.17) is 19.9 Å². The standard InChI is InChI=1S/C13H21NO3/c1-11(14)12-5-3-4-6-13(12)17-10-9-16-8-7-15-2/h3-6,11H,7-10,14H2,1-2H3/t11-/m1/s1. The van der Waals surface area contributed by atoms with Crippen LogP contribution in [-0.2, 0) is 9.47 Å². The molecule has 1 aromatic rings. The van der Waals surface area contributed by atoms with Gasteiger partial charge in [0.1, 0.15) is 12.4 Å². The summed E-state index contributed by atoms with van der Waals surface area (Å²) in [6.07, 6.45) is 0. The summed E-state index contributed by atoms with van der Waals surface area (Å²) in [6, 6.07) is 7.77. The molecule has 2 N–H and O–H groups in total. The maximum Gasteiger partial charge on any atom is 0.124 e. The molecular formula is C13H21NO3. The fraction of sp³-hybridized carbons (Fsp3) is 0.538. The molecule has 0 saturated heterocycles. The van der Waals surface area contributed by atoms with Crippen molar-refractivity contribution in [3.63, 3.8) is 0 Å². The fourth-order valence-corrected chi connectivity index (χ4v) is 1.44. The Labute approximate surface area is 103 Å². The van der Waals surface area contributed by atoms with Gasteiger partial charge in [-0.15, -0.1) is 0 Å². The third-order valence-corrected chi connectivity index (χ3v) is 2.33. The van der Waals surface area contributed by atoms with Gasteiger partial charge in [-0.3, -0.25) is 0 Å². The summed E-state index contributed by atoms with van der Waals surface area (Å²) in [5, 5.41) is 0. The van der Waals surface area contributed by atoms with Crippen LogP contribution in [0.25, 0.3) is 0 Å². The van der Waals surface area contributed by atoms with E-state index in [1.54, 1.807) is 7.11 Å². The van der Waals surface area contributed by atoms with Crippen molar-refractivity contribution in [2.75, 3.05) is 33.5 Å². The number of nitrogens with two attached hydrogens (primary N) is 1. The highest BCUT2D eigenvalue weighted by Gasteiger charge is 2.06. The lowest BCUT2D eigenvalue weighted by molar-refractivity contribution is 0.0542. The van der Waals surface area contributed by atoms with Gasteiger partial charge in [-0.1, -0.05) is 18.2 Å². The predicted molar refractivity (Wildman–Crippen MR) is 67.2 cm³/mol. The second-order valence-corrected chi connectivity index (χ2v) is 3.78. The Kier molecular flexibility index (Phi) is 6.62. The van der Waals surface area contributed by atoms with Crippen molar-refractivity contribution in [1.82, 2.24) is 0 Å². The first-order valence-electron chi connectivity index (χ1n) is 5.79. The minimum Gasteiger partial charge on any atom is -0.491 e. The number of hydrogen-bond acceptors (Lipinski definition) is 4. The van der Waals surface area contributed by atoms with Gasteiger partial charge in [0.25, 0.3) is 0 Å². The molecule has 0 fully saturated rings. The van der Waals surface area contributed by atoms with Crippen LogP contribution in [0.15, 0.2) is 24.3 Å². The third-order valence-electron chi connectivity index (χ3n) is 2.33. The van der Waals surface area contributed by atoms with Gasteiger partial charge >= 0.3 is 0 Å². The largest absolute Gasteiger partial charge is 0.491 e. The van der Waals surface area contributed by atoms with Crippen molar-refractivity contribution < 1.29 is 14.2 Å². The molecule has 96 valence electrons. The normalized spacial score (nSPS) is 12.4. The maximum absolute atomic E-state index is 5.86. The van der Waals surface area contributed by atoms with Crippen molar-refractivity contribution in [3.05, 3.63) is 29.8 Å². The molecule has 4 nitrogen and oxygen atoms in total. The van der Waals surface area contributed by atoms with Crippen LogP contribution in [0.5, 0.6) is 5.75 Å². The highest BCUT2D eigenvalue weighted by Crippen LogP contribution is 2.22. The van der Waals surface area contributed by atoms with Gasteiger partial charge in [-0.25, -0.2) is 0 Å². The molecule has 0 saturated carbocycles. The van der Waals surface area contributed by atoms with E-state index in [1.165, 1.54) is 0 Å². The smallest absolute Gasteiger partial charge is 0.124 e. The van der Waals surface area contributed by atoms with Crippen LogP contribution < -0.4 is 10.5 Å². The Bertz CT molecular complexity index is 315. The molecule has 0 spiro atoms. The number of hydrogen-bond donors (Lipinski definition) is 1. The number of ether oxygens (including phenoxy) is 3. The zero-order chi connectivity index (χ0) is 12.5. The Morgan fingerprint density at radius 2 is 1.82 bits per heavy atom. The predicted octanol–water partition coefficient (Wildman–Crippen LogP) is 1.75. The average molecular weight is 239 g/mol. The van der Waals surface area contributed by atoms with Gasteiger partial charge in [0, 0.05) is 18.7 Å². The highest BCUT2D eigenvalue weighted by molar-refractivity contribution is 5.35. The Morgan fingerprint density at radius 1 is 1.12 bits per heavy atom. The number of rotatable bonds is 8. The van der Waals surface area contributed by atoms with E-state index in [0.29, 0.717) is 26.4 Å². The van der Waals surface area contributed by atoms with E-state index in [9.17, 15) is 0 Å². The molecule has 0 radical (unpaired) electrons. The molecule has 0 unspecified atom stereocenters. The summed E-state index contributed by atoms with van der Waals surface area (Å²) < 4.78 is 15.8. The molecular weight excluding hydrogens is 218 g/mol. The van der Waals surface area contributed by atoms with Crippen LogP contribution in [0, 0.1) is 0 Å². The van der Waals surface area contributed by atoms with E-state index in [1.807, 2.05) is 31.2 Å². The molecule has 17 heavy (non-hydrogen) atoms. The van der Waals surface area contributed by atoms with E-state index in [-0.39, 0.29) is 6.04 Å². The Balaban J connectivity index is 2.31. The summed E-state index contributed by atoms with van der Waals surface area (Å²) in [5.41, 5.74) is 6.87. The molecule has 0 aliphatic rings. The van der Waals surface area contributed by atoms with Gasteiger partial charge in [0.15, 0.2) is 0 Å². The Morgan fingerprint density at radius 3 is 2.53 bits per heavy atom. The van der Waals surface area contributed by atoms with Crippen molar-refractivity contribution in [2.45, 2.75) is 13.0 Å². The summed E-state index contributed by atoms with van der Waals surface area (Å²) in [4.78, 5) is 0. The first-order valence-corrected chi connectivity index (χ1v) is 5.79. The van der Waals surface area contributed by atoms with Crippen molar-refractivity contribution in [2.24, 2.45) is 5.73 Å². The van der Waals surface area contributed by atoms with Crippen LogP contribution in [0.1, 0.15) is 18.5 Å². The minimum absolute atomic E-state index is 0.0272. The van der Waals surface area contributed by atoms with Crippen LogP contribution in [0.3, 0.4) is 0 Å². The second-order valence-electron chi connectivity index (χ2n) is 3.78. The number of benzene rings is 1. The van der Waals surface area contributed by atoms with Crippen molar-refractivity contribution >= 4 is 0 Å². The summed E-state index contributed by atoms with van der Waals surface area (Å²) >= 11 is 0. The average Bonchev–Trinajstić information content (AvgIpc) is 2.34. The minimum atomic E-state index is -0.0272. The van der Waals surface area contributed by atoms with Gasteiger partial charge in [0.2, 0.25) is 0 Å². The Hall–Kier alpha value is -1.10. The molecule has 1 rings (SSSR count). The molecule has 1 atom stereocenters. The van der Waals surface area contributed by atoms with Gasteiger partial charge in [0.05, 0.1) is 19.8 Å². The fourth-order valence-electron chi connectivity index (χ4n) is 1.44. The van der Waals surface area contributed by atoms with E-state index in [0.717, 1.165) is 11.3 Å². The summed E-state index contributed by atoms with van der Waals surface area (Å²) in [7, 11) is 1.65. The SMILES string of the molecule is COCCOCCOc1ccccc1[C@@H](C)N. The number of methoxy groups -OCH3 is 1. The van der Waals surface area contributed by atoms with E-state index < -0.39 is 0 Å². The molecule has 4 heteroatoms. The van der Waals surface area contributed by atoms with Crippen molar-refractivity contribution in [1.29, 1.82) is 0 Å².